The van der Waals surface area contributed by atoms with Crippen LogP contribution in [0.2, 0.25) is 6.82 Å². The molecule has 0 aliphatic carbocycles. The molecule has 1 saturated heterocycles. The highest BCUT2D eigenvalue weighted by atomic mass is 32.2. The van der Waals surface area contributed by atoms with E-state index in [-0.39, 0.29) is 15.5 Å². The van der Waals surface area contributed by atoms with Gasteiger partial charge in [0.05, 0.1) is 9.79 Å². The quantitative estimate of drug-likeness (QED) is 0.820. The van der Waals surface area contributed by atoms with Gasteiger partial charge in [-0.05, 0) is 80.6 Å². The molecule has 25 heavy (non-hydrogen) atoms. The summed E-state index contributed by atoms with van der Waals surface area (Å²) < 4.78 is 25.5. The molecule has 0 amide bonds. The Morgan fingerprint density at radius 3 is 2.48 bits per heavy atom. The predicted molar refractivity (Wildman–Crippen MR) is 97.5 cm³/mol. The van der Waals surface area contributed by atoms with Gasteiger partial charge in [0, 0.05) is 0 Å². The molecule has 0 saturated carbocycles. The van der Waals surface area contributed by atoms with E-state index in [1.807, 2.05) is 17.8 Å². The Morgan fingerprint density at radius 1 is 1.16 bits per heavy atom. The monoisotopic (exact) mass is 359 g/mol. The van der Waals surface area contributed by atoms with Crippen molar-refractivity contribution in [1.29, 1.82) is 0 Å². The van der Waals surface area contributed by atoms with Crippen LogP contribution in [0.15, 0.2) is 52.3 Å². The van der Waals surface area contributed by atoms with E-state index in [9.17, 15) is 18.5 Å². The number of nitrogens with zero attached hydrogens (tertiary/aromatic N) is 1. The van der Waals surface area contributed by atoms with E-state index in [2.05, 4.69) is 0 Å². The molecule has 5 nitrogen and oxygen atoms in total. The normalized spacial score (nSPS) is 18.4. The lowest BCUT2D eigenvalue weighted by atomic mass is 9.85. The van der Waals surface area contributed by atoms with E-state index in [0.717, 1.165) is 30.6 Å². The van der Waals surface area contributed by atoms with Crippen LogP contribution in [-0.4, -0.2) is 43.5 Å². The zero-order valence-electron chi connectivity index (χ0n) is 14.4. The molecule has 132 valence electrons. The molecular weight excluding hydrogens is 337 g/mol. The molecule has 0 bridgehead atoms. The summed E-state index contributed by atoms with van der Waals surface area (Å²) in [6.07, 6.45) is 0.949. The minimum atomic E-state index is -3.66. The number of benzene rings is 2. The predicted octanol–water partition coefficient (Wildman–Crippen LogP) is 2.43. The molecule has 2 aromatic rings. The van der Waals surface area contributed by atoms with Gasteiger partial charge in [-0.1, -0.05) is 12.1 Å². The number of aromatic hydroxyl groups is 1. The van der Waals surface area contributed by atoms with Crippen LogP contribution in [0, 0.1) is 6.92 Å². The summed E-state index contributed by atoms with van der Waals surface area (Å²) in [5.41, 5.74) is 2.05. The molecule has 1 atom stereocenters. The molecule has 1 aliphatic heterocycles. The Balaban J connectivity index is 1.90. The van der Waals surface area contributed by atoms with Crippen LogP contribution in [0.25, 0.3) is 0 Å². The highest BCUT2D eigenvalue weighted by Gasteiger charge is 2.29. The molecule has 1 heterocycles. The molecule has 2 aromatic carbocycles. The van der Waals surface area contributed by atoms with Crippen molar-refractivity contribution in [2.75, 3.05) is 13.1 Å². The molecule has 0 aromatic heterocycles. The SMILES string of the molecule is CB(O)N1CCC(c2ccc(S(=O)(=O)c3cccc(O)c3)cc2C)C1. The second-order valence-electron chi connectivity index (χ2n) is 6.63. The zero-order chi connectivity index (χ0) is 18.2. The van der Waals surface area contributed by atoms with E-state index >= 15 is 0 Å². The van der Waals surface area contributed by atoms with Crippen LogP contribution in [0.1, 0.15) is 23.5 Å². The Hall–Kier alpha value is -1.83. The van der Waals surface area contributed by atoms with E-state index in [1.165, 1.54) is 24.3 Å². The molecular formula is C18H22BNO4S. The van der Waals surface area contributed by atoms with Crippen molar-refractivity contribution in [3.63, 3.8) is 0 Å². The smallest absolute Gasteiger partial charge is 0.376 e. The lowest BCUT2D eigenvalue weighted by molar-refractivity contribution is 0.420. The maximum Gasteiger partial charge on any atom is 0.376 e. The van der Waals surface area contributed by atoms with Crippen LogP contribution in [0.5, 0.6) is 5.75 Å². The zero-order valence-corrected chi connectivity index (χ0v) is 15.2. The third-order valence-electron chi connectivity index (χ3n) is 4.87. The summed E-state index contributed by atoms with van der Waals surface area (Å²) in [7, 11) is -4.12. The van der Waals surface area contributed by atoms with E-state index in [1.54, 1.807) is 19.0 Å². The lowest BCUT2D eigenvalue weighted by Gasteiger charge is -2.18. The number of phenols is 1. The summed E-state index contributed by atoms with van der Waals surface area (Å²) >= 11 is 0. The van der Waals surface area contributed by atoms with Crippen molar-refractivity contribution in [2.24, 2.45) is 0 Å². The topological polar surface area (TPSA) is 77.8 Å². The molecule has 1 aliphatic rings. The van der Waals surface area contributed by atoms with Crippen LogP contribution in [0.3, 0.4) is 0 Å². The summed E-state index contributed by atoms with van der Waals surface area (Å²) in [6, 6.07) is 10.9. The second-order valence-corrected chi connectivity index (χ2v) is 8.58. The lowest BCUT2D eigenvalue weighted by Crippen LogP contribution is -2.34. The van der Waals surface area contributed by atoms with Gasteiger partial charge < -0.3 is 14.9 Å². The third kappa shape index (κ3) is 3.59. The van der Waals surface area contributed by atoms with Gasteiger partial charge in [0.25, 0.3) is 0 Å². The molecule has 0 spiro atoms. The molecule has 7 heteroatoms. The first kappa shape index (κ1) is 18.0. The standard InChI is InChI=1S/C18H22BNO4S/c1-13-10-17(25(23,24)16-5-3-4-15(21)11-16)6-7-18(13)14-8-9-20(12-14)19(2)22/h3-7,10-11,14,21-22H,8-9,12H2,1-2H3. The van der Waals surface area contributed by atoms with Crippen molar-refractivity contribution < 1.29 is 18.5 Å². The van der Waals surface area contributed by atoms with Crippen LogP contribution >= 0.6 is 0 Å². The van der Waals surface area contributed by atoms with Gasteiger partial charge in [-0.3, -0.25) is 0 Å². The van der Waals surface area contributed by atoms with Crippen molar-refractivity contribution in [3.05, 3.63) is 53.6 Å². The Morgan fingerprint density at radius 2 is 1.88 bits per heavy atom. The fraction of sp³-hybridized carbons (Fsp3) is 0.333. The van der Waals surface area contributed by atoms with Gasteiger partial charge >= 0.3 is 7.05 Å². The highest BCUT2D eigenvalue weighted by Crippen LogP contribution is 2.32. The molecule has 0 radical (unpaired) electrons. The molecule has 1 fully saturated rings. The minimum absolute atomic E-state index is 0.0708. The third-order valence-corrected chi connectivity index (χ3v) is 6.62. The number of hydrogen-bond donors (Lipinski definition) is 2. The van der Waals surface area contributed by atoms with E-state index in [4.69, 9.17) is 0 Å². The second kappa shape index (κ2) is 6.82. The molecule has 1 unspecified atom stereocenters. The first-order chi connectivity index (χ1) is 11.8. The van der Waals surface area contributed by atoms with Crippen molar-refractivity contribution >= 4 is 16.9 Å². The maximum absolute atomic E-state index is 12.8. The van der Waals surface area contributed by atoms with Crippen molar-refractivity contribution in [3.8, 4) is 5.75 Å². The van der Waals surface area contributed by atoms with Gasteiger partial charge in [-0.15, -0.1) is 0 Å². The Kier molecular flexibility index (Phi) is 4.91. The van der Waals surface area contributed by atoms with Gasteiger partial charge in [0.15, 0.2) is 0 Å². The first-order valence-electron chi connectivity index (χ1n) is 8.36. The average molecular weight is 359 g/mol. The highest BCUT2D eigenvalue weighted by molar-refractivity contribution is 7.91. The number of rotatable bonds is 4. The van der Waals surface area contributed by atoms with Gasteiger partial charge in [-0.25, -0.2) is 8.42 Å². The van der Waals surface area contributed by atoms with Crippen LogP contribution in [-0.2, 0) is 9.84 Å². The molecule has 2 N–H and O–H groups in total. The van der Waals surface area contributed by atoms with Crippen LogP contribution < -0.4 is 0 Å². The number of hydrogen-bond acceptors (Lipinski definition) is 5. The van der Waals surface area contributed by atoms with Crippen molar-refractivity contribution in [2.45, 2.75) is 35.9 Å². The van der Waals surface area contributed by atoms with Gasteiger partial charge in [0.1, 0.15) is 5.75 Å². The average Bonchev–Trinajstić information content (AvgIpc) is 3.04. The molecule has 3 rings (SSSR count). The fourth-order valence-electron chi connectivity index (χ4n) is 3.44. The fourth-order valence-corrected chi connectivity index (χ4v) is 4.83. The Bertz CT molecular complexity index is 882. The summed E-state index contributed by atoms with van der Waals surface area (Å²) in [6.45, 7) is 5.30. The number of aryl methyl sites for hydroxylation is 1. The van der Waals surface area contributed by atoms with E-state index in [0.29, 0.717) is 5.92 Å². The van der Waals surface area contributed by atoms with Crippen LogP contribution in [0.4, 0.5) is 0 Å². The Labute approximate surface area is 149 Å². The maximum atomic E-state index is 12.8. The first-order valence-corrected chi connectivity index (χ1v) is 9.84. The minimum Gasteiger partial charge on any atom is -0.508 e. The summed E-state index contributed by atoms with van der Waals surface area (Å²) in [5, 5.41) is 19.3. The summed E-state index contributed by atoms with van der Waals surface area (Å²) in [4.78, 5) is 2.33. The van der Waals surface area contributed by atoms with Gasteiger partial charge in [0.2, 0.25) is 9.84 Å². The number of phenolic OH excluding ortho intramolecular Hbond substituents is 1. The number of sulfone groups is 1. The van der Waals surface area contributed by atoms with E-state index < -0.39 is 16.9 Å². The van der Waals surface area contributed by atoms with Gasteiger partial charge in [-0.2, -0.15) is 0 Å². The largest absolute Gasteiger partial charge is 0.508 e. The summed E-state index contributed by atoms with van der Waals surface area (Å²) in [5.74, 6) is 0.228. The van der Waals surface area contributed by atoms with Crippen molar-refractivity contribution in [1.82, 2.24) is 4.81 Å².